The molecule has 5 heteroatoms. The molecular formula is C10H14FN3O. The molecule has 1 heterocycles. The molecule has 0 radical (unpaired) electrons. The highest BCUT2D eigenvalue weighted by molar-refractivity contribution is 5.37. The summed E-state index contributed by atoms with van der Waals surface area (Å²) in [5.41, 5.74) is -0.0600. The van der Waals surface area contributed by atoms with Crippen LogP contribution in [-0.2, 0) is 4.74 Å². The van der Waals surface area contributed by atoms with Gasteiger partial charge in [-0.05, 0) is 25.3 Å². The summed E-state index contributed by atoms with van der Waals surface area (Å²) in [5.74, 6) is 0.527. The lowest BCUT2D eigenvalue weighted by Gasteiger charge is -2.42. The predicted molar refractivity (Wildman–Crippen MR) is 54.1 cm³/mol. The van der Waals surface area contributed by atoms with Crippen LogP contribution in [0.15, 0.2) is 12.3 Å². The molecule has 1 N–H and O–H groups in total. The number of hydrogen-bond acceptors (Lipinski definition) is 4. The van der Waals surface area contributed by atoms with Crippen LogP contribution in [0.4, 0.5) is 10.2 Å². The van der Waals surface area contributed by atoms with E-state index in [0.29, 0.717) is 12.4 Å². The average molecular weight is 211 g/mol. The van der Waals surface area contributed by atoms with E-state index >= 15 is 0 Å². The number of nitrogens with one attached hydrogen (secondary N) is 1. The Morgan fingerprint density at radius 1 is 1.60 bits per heavy atom. The van der Waals surface area contributed by atoms with Crippen LogP contribution in [0.25, 0.3) is 0 Å². The van der Waals surface area contributed by atoms with Gasteiger partial charge in [-0.1, -0.05) is 0 Å². The Kier molecular flexibility index (Phi) is 2.81. The third-order valence-electron chi connectivity index (χ3n) is 2.75. The topological polar surface area (TPSA) is 47.0 Å². The minimum atomic E-state index is -0.702. The van der Waals surface area contributed by atoms with Gasteiger partial charge in [-0.3, -0.25) is 0 Å². The van der Waals surface area contributed by atoms with E-state index in [1.807, 2.05) is 0 Å². The predicted octanol–water partition coefficient (Wildman–Crippen LogP) is 1.60. The molecule has 1 aliphatic carbocycles. The number of ether oxygens (including phenoxy) is 1. The number of anilines is 1. The summed E-state index contributed by atoms with van der Waals surface area (Å²) in [6, 6.07) is 1.67. The molecule has 0 unspecified atom stereocenters. The summed E-state index contributed by atoms with van der Waals surface area (Å²) in [7, 11) is 1.67. The van der Waals surface area contributed by atoms with Crippen LogP contribution in [0.2, 0.25) is 0 Å². The van der Waals surface area contributed by atoms with Crippen LogP contribution in [-0.4, -0.2) is 29.2 Å². The van der Waals surface area contributed by atoms with Gasteiger partial charge in [-0.25, -0.2) is 4.98 Å². The molecule has 0 saturated heterocycles. The highest BCUT2D eigenvalue weighted by Crippen LogP contribution is 2.34. The zero-order valence-electron chi connectivity index (χ0n) is 8.66. The number of methoxy groups -OCH3 is 1. The second-order valence-electron chi connectivity index (χ2n) is 3.90. The minimum absolute atomic E-state index is 0.0600. The Hall–Kier alpha value is -1.23. The van der Waals surface area contributed by atoms with Crippen molar-refractivity contribution in [2.45, 2.75) is 24.8 Å². The fourth-order valence-corrected chi connectivity index (χ4v) is 1.86. The zero-order valence-corrected chi connectivity index (χ0v) is 8.66. The van der Waals surface area contributed by atoms with E-state index in [9.17, 15) is 4.39 Å². The van der Waals surface area contributed by atoms with Crippen LogP contribution >= 0.6 is 0 Å². The van der Waals surface area contributed by atoms with Crippen molar-refractivity contribution in [1.82, 2.24) is 9.97 Å². The van der Waals surface area contributed by atoms with Gasteiger partial charge in [0.2, 0.25) is 0 Å². The van der Waals surface area contributed by atoms with Gasteiger partial charge in [0.1, 0.15) is 5.82 Å². The molecule has 2 rings (SSSR count). The number of nitrogens with zero attached hydrogens (tertiary/aromatic N) is 2. The van der Waals surface area contributed by atoms with Gasteiger partial charge in [0.15, 0.2) is 0 Å². The van der Waals surface area contributed by atoms with Gasteiger partial charge < -0.3 is 10.1 Å². The second-order valence-corrected chi connectivity index (χ2v) is 3.90. The molecule has 0 bridgehead atoms. The third-order valence-corrected chi connectivity index (χ3v) is 2.75. The van der Waals surface area contributed by atoms with E-state index in [1.165, 1.54) is 12.6 Å². The molecule has 0 amide bonds. The molecule has 0 atom stereocenters. The van der Waals surface area contributed by atoms with Gasteiger partial charge >= 0.3 is 6.08 Å². The molecular weight excluding hydrogens is 197 g/mol. The summed E-state index contributed by atoms with van der Waals surface area (Å²) < 4.78 is 17.9. The Labute approximate surface area is 87.9 Å². The van der Waals surface area contributed by atoms with Gasteiger partial charge in [-0.2, -0.15) is 9.37 Å². The first-order valence-electron chi connectivity index (χ1n) is 5.00. The molecule has 1 saturated carbocycles. The van der Waals surface area contributed by atoms with Crippen LogP contribution in [0.5, 0.6) is 0 Å². The molecule has 4 nitrogen and oxygen atoms in total. The van der Waals surface area contributed by atoms with Gasteiger partial charge in [-0.15, -0.1) is 0 Å². The maximum Gasteiger partial charge on any atom is 0.310 e. The van der Waals surface area contributed by atoms with Crippen LogP contribution in [0, 0.1) is 6.08 Å². The smallest absolute Gasteiger partial charge is 0.310 e. The second kappa shape index (κ2) is 4.10. The van der Waals surface area contributed by atoms with Crippen molar-refractivity contribution in [3.8, 4) is 0 Å². The highest BCUT2D eigenvalue weighted by Gasteiger charge is 2.37. The maximum atomic E-state index is 12.8. The number of halogens is 1. The van der Waals surface area contributed by atoms with Crippen molar-refractivity contribution in [3.05, 3.63) is 18.3 Å². The van der Waals surface area contributed by atoms with Crippen molar-refractivity contribution in [2.24, 2.45) is 0 Å². The molecule has 0 spiro atoms. The molecule has 0 aromatic carbocycles. The SMILES string of the molecule is COCC1(Nc2ccnc(F)n2)CCC1. The number of aromatic nitrogens is 2. The van der Waals surface area contributed by atoms with Gasteiger partial charge in [0, 0.05) is 13.3 Å². The lowest BCUT2D eigenvalue weighted by atomic mass is 9.77. The maximum absolute atomic E-state index is 12.8. The van der Waals surface area contributed by atoms with Crippen LogP contribution in [0.3, 0.4) is 0 Å². The van der Waals surface area contributed by atoms with Crippen molar-refractivity contribution >= 4 is 5.82 Å². The first kappa shape index (κ1) is 10.3. The fraction of sp³-hybridized carbons (Fsp3) is 0.600. The highest BCUT2D eigenvalue weighted by atomic mass is 19.1. The fourth-order valence-electron chi connectivity index (χ4n) is 1.86. The van der Waals surface area contributed by atoms with E-state index in [-0.39, 0.29) is 5.54 Å². The van der Waals surface area contributed by atoms with E-state index in [0.717, 1.165) is 12.8 Å². The summed E-state index contributed by atoms with van der Waals surface area (Å²) in [5, 5.41) is 3.22. The van der Waals surface area contributed by atoms with Crippen LogP contribution in [0.1, 0.15) is 19.3 Å². The summed E-state index contributed by atoms with van der Waals surface area (Å²) >= 11 is 0. The van der Waals surface area contributed by atoms with Gasteiger partial charge in [0.05, 0.1) is 12.1 Å². The van der Waals surface area contributed by atoms with E-state index in [2.05, 4.69) is 15.3 Å². The monoisotopic (exact) mass is 211 g/mol. The standard InChI is InChI=1S/C10H14FN3O/c1-15-7-10(4-2-5-10)14-8-3-6-12-9(11)13-8/h3,6H,2,4-5,7H2,1H3,(H,12,13,14). The van der Waals surface area contributed by atoms with Crippen molar-refractivity contribution in [2.75, 3.05) is 19.0 Å². The molecule has 0 aliphatic heterocycles. The van der Waals surface area contributed by atoms with Crippen molar-refractivity contribution < 1.29 is 9.13 Å². The first-order valence-corrected chi connectivity index (χ1v) is 5.00. The zero-order chi connectivity index (χ0) is 10.7. The summed E-state index contributed by atoms with van der Waals surface area (Å²) in [6.07, 6.45) is 3.94. The first-order chi connectivity index (χ1) is 7.24. The Morgan fingerprint density at radius 3 is 2.93 bits per heavy atom. The largest absolute Gasteiger partial charge is 0.382 e. The Morgan fingerprint density at radius 2 is 2.40 bits per heavy atom. The normalized spacial score (nSPS) is 18.3. The van der Waals surface area contributed by atoms with Crippen molar-refractivity contribution in [3.63, 3.8) is 0 Å². The Balaban J connectivity index is 2.06. The van der Waals surface area contributed by atoms with Crippen LogP contribution < -0.4 is 5.32 Å². The number of hydrogen-bond donors (Lipinski definition) is 1. The van der Waals surface area contributed by atoms with Gasteiger partial charge in [0.25, 0.3) is 0 Å². The quantitative estimate of drug-likeness (QED) is 0.768. The van der Waals surface area contributed by atoms with E-state index in [1.54, 1.807) is 13.2 Å². The van der Waals surface area contributed by atoms with Crippen molar-refractivity contribution in [1.29, 1.82) is 0 Å². The lowest BCUT2D eigenvalue weighted by Crippen LogP contribution is -2.49. The molecule has 1 aromatic heterocycles. The lowest BCUT2D eigenvalue weighted by molar-refractivity contribution is 0.0980. The number of rotatable bonds is 4. The molecule has 1 aromatic rings. The molecule has 15 heavy (non-hydrogen) atoms. The Bertz CT molecular complexity index is 341. The average Bonchev–Trinajstić information content (AvgIpc) is 2.15. The molecule has 1 fully saturated rings. The third kappa shape index (κ3) is 2.23. The molecule has 82 valence electrons. The van der Waals surface area contributed by atoms with E-state index < -0.39 is 6.08 Å². The van der Waals surface area contributed by atoms with E-state index in [4.69, 9.17) is 4.74 Å². The summed E-state index contributed by atoms with van der Waals surface area (Å²) in [6.45, 7) is 0.624. The summed E-state index contributed by atoms with van der Waals surface area (Å²) in [4.78, 5) is 7.09. The molecule has 1 aliphatic rings. The minimum Gasteiger partial charge on any atom is -0.382 e.